The topological polar surface area (TPSA) is 113 Å². The number of amides is 2. The second-order valence-electron chi connectivity index (χ2n) is 7.30. The number of benzene rings is 2. The van der Waals surface area contributed by atoms with E-state index in [9.17, 15) is 19.5 Å². The highest BCUT2D eigenvalue weighted by atomic mass is 16.3. The Morgan fingerprint density at radius 1 is 1.10 bits per heavy atom. The lowest BCUT2D eigenvalue weighted by Crippen LogP contribution is -2.49. The van der Waals surface area contributed by atoms with E-state index in [2.05, 4.69) is 10.2 Å². The van der Waals surface area contributed by atoms with E-state index in [1.165, 1.54) is 12.1 Å². The smallest absolute Gasteiger partial charge is 0.240 e. The van der Waals surface area contributed by atoms with Crippen molar-refractivity contribution in [3.05, 3.63) is 59.7 Å². The van der Waals surface area contributed by atoms with Crippen LogP contribution in [0.3, 0.4) is 0 Å². The predicted octanol–water partition coefficient (Wildman–Crippen LogP) is 1.63. The Bertz CT molecular complexity index is 857. The summed E-state index contributed by atoms with van der Waals surface area (Å²) in [6.07, 6.45) is 2.44. The molecule has 0 spiro atoms. The number of nitrogens with two attached hydrogens (primary N) is 1. The van der Waals surface area contributed by atoms with Gasteiger partial charge in [0.1, 0.15) is 18.1 Å². The van der Waals surface area contributed by atoms with Crippen LogP contribution < -0.4 is 16.0 Å². The van der Waals surface area contributed by atoms with Gasteiger partial charge in [-0.05, 0) is 54.8 Å². The summed E-state index contributed by atoms with van der Waals surface area (Å²) in [6.45, 7) is 1.44. The molecule has 0 bridgehead atoms. The van der Waals surface area contributed by atoms with Crippen molar-refractivity contribution in [3.8, 4) is 5.75 Å². The Hall–Kier alpha value is -3.35. The van der Waals surface area contributed by atoms with Gasteiger partial charge >= 0.3 is 0 Å². The van der Waals surface area contributed by atoms with Crippen molar-refractivity contribution in [2.24, 2.45) is 11.7 Å². The van der Waals surface area contributed by atoms with Crippen molar-refractivity contribution in [1.29, 1.82) is 0 Å². The fourth-order valence-corrected chi connectivity index (χ4v) is 3.54. The average Bonchev–Trinajstić information content (AvgIpc) is 2.75. The standard InChI is InChI=1S/C22H25N3O4/c23-21(28)20(13-15-3-7-19(27)8-4-15)24-22(29)17-9-11-25(12-10-17)18-5-1-16(14-26)2-6-18/h1-8,14,17,20,27H,9-13H2,(H2,23,28)(H,24,29)/t20-/m0/s1. The number of nitrogens with one attached hydrogen (secondary N) is 1. The van der Waals surface area contributed by atoms with E-state index in [0.717, 1.165) is 30.6 Å². The van der Waals surface area contributed by atoms with Crippen molar-refractivity contribution in [2.75, 3.05) is 18.0 Å². The quantitative estimate of drug-likeness (QED) is 0.617. The van der Waals surface area contributed by atoms with Gasteiger partial charge in [-0.1, -0.05) is 12.1 Å². The number of hydrogen-bond acceptors (Lipinski definition) is 5. The molecular formula is C22H25N3O4. The number of carbonyl (C=O) groups excluding carboxylic acids is 3. The lowest BCUT2D eigenvalue weighted by atomic mass is 9.94. The zero-order valence-corrected chi connectivity index (χ0v) is 16.1. The Morgan fingerprint density at radius 3 is 2.28 bits per heavy atom. The van der Waals surface area contributed by atoms with Gasteiger partial charge in [0.15, 0.2) is 0 Å². The fraction of sp³-hybridized carbons (Fsp3) is 0.318. The van der Waals surface area contributed by atoms with Gasteiger partial charge in [-0.3, -0.25) is 14.4 Å². The molecule has 7 heteroatoms. The van der Waals surface area contributed by atoms with Crippen molar-refractivity contribution in [1.82, 2.24) is 5.32 Å². The van der Waals surface area contributed by atoms with E-state index >= 15 is 0 Å². The third kappa shape index (κ3) is 5.34. The summed E-state index contributed by atoms with van der Waals surface area (Å²) in [4.78, 5) is 37.4. The van der Waals surface area contributed by atoms with Crippen LogP contribution in [0.2, 0.25) is 0 Å². The zero-order valence-electron chi connectivity index (χ0n) is 16.1. The molecule has 1 atom stereocenters. The first kappa shape index (κ1) is 20.4. The van der Waals surface area contributed by atoms with E-state index in [1.807, 2.05) is 12.1 Å². The third-order valence-electron chi connectivity index (χ3n) is 5.30. The molecule has 3 rings (SSSR count). The normalized spacial score (nSPS) is 15.5. The number of rotatable bonds is 7. The first-order chi connectivity index (χ1) is 14.0. The van der Waals surface area contributed by atoms with Crippen LogP contribution in [0.15, 0.2) is 48.5 Å². The van der Waals surface area contributed by atoms with Crippen LogP contribution in [0.4, 0.5) is 5.69 Å². The summed E-state index contributed by atoms with van der Waals surface area (Å²) >= 11 is 0. The predicted molar refractivity (Wildman–Crippen MR) is 110 cm³/mol. The number of anilines is 1. The Balaban J connectivity index is 1.55. The number of primary amides is 1. The number of piperidine rings is 1. The molecule has 1 aliphatic heterocycles. The van der Waals surface area contributed by atoms with E-state index in [1.54, 1.807) is 24.3 Å². The Kier molecular flexibility index (Phi) is 6.49. The number of aldehydes is 1. The van der Waals surface area contributed by atoms with Crippen LogP contribution in [-0.2, 0) is 16.0 Å². The summed E-state index contributed by atoms with van der Waals surface area (Å²) in [5.74, 6) is -0.786. The highest BCUT2D eigenvalue weighted by Gasteiger charge is 2.28. The molecule has 4 N–H and O–H groups in total. The third-order valence-corrected chi connectivity index (χ3v) is 5.30. The number of aromatic hydroxyl groups is 1. The maximum atomic E-state index is 12.7. The van der Waals surface area contributed by atoms with Crippen LogP contribution in [0.25, 0.3) is 0 Å². The number of phenolic OH excluding ortho intramolecular Hbond substituents is 1. The van der Waals surface area contributed by atoms with Crippen molar-refractivity contribution in [3.63, 3.8) is 0 Å². The molecule has 2 amide bonds. The molecule has 1 aliphatic rings. The molecule has 1 heterocycles. The Morgan fingerprint density at radius 2 is 1.72 bits per heavy atom. The molecule has 1 saturated heterocycles. The number of carbonyl (C=O) groups is 3. The summed E-state index contributed by atoms with van der Waals surface area (Å²) in [5.41, 5.74) is 7.94. The first-order valence-electron chi connectivity index (χ1n) is 9.64. The van der Waals surface area contributed by atoms with Gasteiger partial charge in [0.2, 0.25) is 11.8 Å². The van der Waals surface area contributed by atoms with Gasteiger partial charge in [-0.15, -0.1) is 0 Å². The maximum absolute atomic E-state index is 12.7. The molecule has 0 aliphatic carbocycles. The fourth-order valence-electron chi connectivity index (χ4n) is 3.54. The van der Waals surface area contributed by atoms with Gasteiger partial charge in [0, 0.05) is 36.7 Å². The van der Waals surface area contributed by atoms with Crippen molar-refractivity contribution in [2.45, 2.75) is 25.3 Å². The second-order valence-corrected chi connectivity index (χ2v) is 7.30. The molecule has 29 heavy (non-hydrogen) atoms. The average molecular weight is 395 g/mol. The minimum Gasteiger partial charge on any atom is -0.508 e. The van der Waals surface area contributed by atoms with Gasteiger partial charge < -0.3 is 21.1 Å². The van der Waals surface area contributed by atoms with Crippen LogP contribution >= 0.6 is 0 Å². The molecule has 0 saturated carbocycles. The Labute approximate surface area is 169 Å². The van der Waals surface area contributed by atoms with E-state index in [-0.39, 0.29) is 24.0 Å². The van der Waals surface area contributed by atoms with Crippen LogP contribution in [0, 0.1) is 5.92 Å². The number of phenols is 1. The summed E-state index contributed by atoms with van der Waals surface area (Å²) in [6, 6.07) is 13.1. The van der Waals surface area contributed by atoms with Crippen molar-refractivity contribution >= 4 is 23.8 Å². The lowest BCUT2D eigenvalue weighted by Gasteiger charge is -2.33. The summed E-state index contributed by atoms with van der Waals surface area (Å²) in [7, 11) is 0. The SMILES string of the molecule is NC(=O)[C@H](Cc1ccc(O)cc1)NC(=O)C1CCN(c2ccc(C=O)cc2)CC1. The molecule has 1 fully saturated rings. The minimum absolute atomic E-state index is 0.140. The molecular weight excluding hydrogens is 370 g/mol. The molecule has 152 valence electrons. The molecule has 7 nitrogen and oxygen atoms in total. The van der Waals surface area contributed by atoms with Gasteiger partial charge in [-0.2, -0.15) is 0 Å². The van der Waals surface area contributed by atoms with Gasteiger partial charge in [0.05, 0.1) is 0 Å². The van der Waals surface area contributed by atoms with Crippen LogP contribution in [-0.4, -0.2) is 42.3 Å². The molecule has 0 aromatic heterocycles. The maximum Gasteiger partial charge on any atom is 0.240 e. The number of nitrogens with zero attached hydrogens (tertiary/aromatic N) is 1. The monoisotopic (exact) mass is 395 g/mol. The molecule has 0 unspecified atom stereocenters. The minimum atomic E-state index is -0.791. The van der Waals surface area contributed by atoms with Crippen LogP contribution in [0.5, 0.6) is 5.75 Å². The molecule has 2 aromatic carbocycles. The highest BCUT2D eigenvalue weighted by Crippen LogP contribution is 2.24. The van der Waals surface area contributed by atoms with Crippen molar-refractivity contribution < 1.29 is 19.5 Å². The zero-order chi connectivity index (χ0) is 20.8. The summed E-state index contributed by atoms with van der Waals surface area (Å²) < 4.78 is 0. The highest BCUT2D eigenvalue weighted by molar-refractivity contribution is 5.88. The van der Waals surface area contributed by atoms with Crippen LogP contribution in [0.1, 0.15) is 28.8 Å². The largest absolute Gasteiger partial charge is 0.508 e. The van der Waals surface area contributed by atoms with E-state index in [0.29, 0.717) is 18.4 Å². The summed E-state index contributed by atoms with van der Waals surface area (Å²) in [5, 5.41) is 12.2. The molecule has 0 radical (unpaired) electrons. The first-order valence-corrected chi connectivity index (χ1v) is 9.64. The number of hydrogen-bond donors (Lipinski definition) is 3. The lowest BCUT2D eigenvalue weighted by molar-refractivity contribution is -0.130. The van der Waals surface area contributed by atoms with Gasteiger partial charge in [-0.25, -0.2) is 0 Å². The van der Waals surface area contributed by atoms with E-state index < -0.39 is 11.9 Å². The van der Waals surface area contributed by atoms with E-state index in [4.69, 9.17) is 5.73 Å². The molecule has 2 aromatic rings. The van der Waals surface area contributed by atoms with Gasteiger partial charge in [0.25, 0.3) is 0 Å². The second kappa shape index (κ2) is 9.23.